The topological polar surface area (TPSA) is 17.8 Å². The van der Waals surface area contributed by atoms with Gasteiger partial charge in [0.1, 0.15) is 10.8 Å². The van der Waals surface area contributed by atoms with Gasteiger partial charge in [0.2, 0.25) is 0 Å². The highest BCUT2D eigenvalue weighted by Crippen LogP contribution is 2.40. The van der Waals surface area contributed by atoms with Crippen molar-refractivity contribution in [3.8, 4) is 28.1 Å². The third-order valence-electron chi connectivity index (χ3n) is 4.23. The van der Waals surface area contributed by atoms with Crippen LogP contribution in [-0.4, -0.2) is 16.0 Å². The predicted molar refractivity (Wildman–Crippen MR) is 106 cm³/mol. The van der Waals surface area contributed by atoms with E-state index in [0.717, 1.165) is 33.1 Å². The molecule has 0 aliphatic rings. The Morgan fingerprint density at radius 3 is 1.92 bits per heavy atom. The molecule has 26 heavy (non-hydrogen) atoms. The summed E-state index contributed by atoms with van der Waals surface area (Å²) < 4.78 is 15.3. The maximum Gasteiger partial charge on any atom is 0.127 e. The summed E-state index contributed by atoms with van der Waals surface area (Å²) in [6, 6.07) is 26.9. The molecule has 0 unspecified atom stereocenters. The molecule has 0 bridgehead atoms. The van der Waals surface area contributed by atoms with Gasteiger partial charge in [-0.1, -0.05) is 60.7 Å². The van der Waals surface area contributed by atoms with Crippen LogP contribution in [0.5, 0.6) is 0 Å². The van der Waals surface area contributed by atoms with Gasteiger partial charge in [-0.2, -0.15) is 5.10 Å². The molecule has 2 nitrogen and oxygen atoms in total. The highest BCUT2D eigenvalue weighted by atomic mass is 32.2. The first kappa shape index (κ1) is 16.6. The molecule has 1 heterocycles. The van der Waals surface area contributed by atoms with E-state index in [1.807, 2.05) is 47.3 Å². The highest BCUT2D eigenvalue weighted by molar-refractivity contribution is 7.98. The number of thioether (sulfide) groups is 1. The van der Waals surface area contributed by atoms with E-state index in [9.17, 15) is 4.39 Å². The molecule has 0 aliphatic carbocycles. The van der Waals surface area contributed by atoms with Crippen molar-refractivity contribution in [3.63, 3.8) is 0 Å². The SMILES string of the molecule is CSc1nn(-c2ccc(F)cc2)c(-c2ccccc2)c1-c1ccccc1. The van der Waals surface area contributed by atoms with Crippen LogP contribution in [0.4, 0.5) is 4.39 Å². The van der Waals surface area contributed by atoms with E-state index in [1.54, 1.807) is 23.9 Å². The number of aromatic nitrogens is 2. The summed E-state index contributed by atoms with van der Waals surface area (Å²) >= 11 is 1.61. The molecule has 0 amide bonds. The average Bonchev–Trinajstić information content (AvgIpc) is 3.09. The van der Waals surface area contributed by atoms with Gasteiger partial charge in [0.05, 0.1) is 11.4 Å². The molecule has 0 atom stereocenters. The number of nitrogens with zero attached hydrogens (tertiary/aromatic N) is 2. The summed E-state index contributed by atoms with van der Waals surface area (Å²) in [7, 11) is 0. The molecule has 128 valence electrons. The molecule has 0 radical (unpaired) electrons. The third kappa shape index (κ3) is 3.04. The Bertz CT molecular complexity index is 1010. The maximum absolute atomic E-state index is 13.4. The molecule has 0 N–H and O–H groups in total. The second-order valence-electron chi connectivity index (χ2n) is 5.85. The fourth-order valence-electron chi connectivity index (χ4n) is 3.04. The van der Waals surface area contributed by atoms with Crippen molar-refractivity contribution in [1.82, 2.24) is 9.78 Å². The van der Waals surface area contributed by atoms with Crippen molar-refractivity contribution < 1.29 is 4.39 Å². The molecule has 0 fully saturated rings. The average molecular weight is 360 g/mol. The Balaban J connectivity index is 2.03. The summed E-state index contributed by atoms with van der Waals surface area (Å²) in [5.41, 5.74) is 5.12. The smallest absolute Gasteiger partial charge is 0.127 e. The lowest BCUT2D eigenvalue weighted by Gasteiger charge is -2.10. The lowest BCUT2D eigenvalue weighted by Crippen LogP contribution is -1.99. The molecule has 0 saturated heterocycles. The van der Waals surface area contributed by atoms with Gasteiger partial charge >= 0.3 is 0 Å². The number of halogens is 1. The standard InChI is InChI=1S/C22H17FN2S/c1-26-22-20(16-8-4-2-5-9-16)21(17-10-6-3-7-11-17)25(24-22)19-14-12-18(23)13-15-19/h2-15H,1H3. The molecule has 4 heteroatoms. The first-order chi connectivity index (χ1) is 12.8. The summed E-state index contributed by atoms with van der Waals surface area (Å²) in [5.74, 6) is -0.254. The molecule has 1 aromatic heterocycles. The minimum Gasteiger partial charge on any atom is -0.231 e. The zero-order chi connectivity index (χ0) is 17.9. The van der Waals surface area contributed by atoms with Gasteiger partial charge in [-0.25, -0.2) is 9.07 Å². The summed E-state index contributed by atoms with van der Waals surface area (Å²) in [6.07, 6.45) is 2.03. The van der Waals surface area contributed by atoms with Gasteiger partial charge in [0.25, 0.3) is 0 Å². The van der Waals surface area contributed by atoms with E-state index in [-0.39, 0.29) is 5.82 Å². The molecule has 0 spiro atoms. The Hall–Kier alpha value is -2.85. The van der Waals surface area contributed by atoms with Crippen molar-refractivity contribution in [3.05, 3.63) is 90.7 Å². The van der Waals surface area contributed by atoms with Gasteiger partial charge in [0.15, 0.2) is 0 Å². The maximum atomic E-state index is 13.4. The van der Waals surface area contributed by atoms with Gasteiger partial charge in [0, 0.05) is 11.1 Å². The van der Waals surface area contributed by atoms with Crippen molar-refractivity contribution in [2.24, 2.45) is 0 Å². The second kappa shape index (κ2) is 7.18. The fourth-order valence-corrected chi connectivity index (χ4v) is 3.62. The number of hydrogen-bond donors (Lipinski definition) is 0. The number of hydrogen-bond acceptors (Lipinski definition) is 2. The van der Waals surface area contributed by atoms with Crippen LogP contribution in [-0.2, 0) is 0 Å². The van der Waals surface area contributed by atoms with E-state index in [4.69, 9.17) is 5.10 Å². The zero-order valence-corrected chi connectivity index (χ0v) is 15.1. The summed E-state index contributed by atoms with van der Waals surface area (Å²) in [4.78, 5) is 0. The van der Waals surface area contributed by atoms with E-state index >= 15 is 0 Å². The molecule has 3 aromatic carbocycles. The van der Waals surface area contributed by atoms with Gasteiger partial charge < -0.3 is 0 Å². The van der Waals surface area contributed by atoms with Crippen LogP contribution in [0.2, 0.25) is 0 Å². The Morgan fingerprint density at radius 1 is 0.769 bits per heavy atom. The first-order valence-electron chi connectivity index (χ1n) is 8.31. The van der Waals surface area contributed by atoms with E-state index in [0.29, 0.717) is 0 Å². The first-order valence-corrected chi connectivity index (χ1v) is 9.54. The molecular weight excluding hydrogens is 343 g/mol. The minimum atomic E-state index is -0.254. The minimum absolute atomic E-state index is 0.254. The van der Waals surface area contributed by atoms with Crippen LogP contribution in [0, 0.1) is 5.82 Å². The van der Waals surface area contributed by atoms with Crippen LogP contribution in [0.15, 0.2) is 90.0 Å². The second-order valence-corrected chi connectivity index (χ2v) is 6.65. The quantitative estimate of drug-likeness (QED) is 0.411. The van der Waals surface area contributed by atoms with E-state index < -0.39 is 0 Å². The highest BCUT2D eigenvalue weighted by Gasteiger charge is 2.21. The van der Waals surface area contributed by atoms with Crippen LogP contribution < -0.4 is 0 Å². The van der Waals surface area contributed by atoms with Crippen molar-refractivity contribution >= 4 is 11.8 Å². The third-order valence-corrected chi connectivity index (χ3v) is 4.90. The van der Waals surface area contributed by atoms with Gasteiger partial charge in [-0.3, -0.25) is 0 Å². The molecular formula is C22H17FN2S. The number of benzene rings is 3. The van der Waals surface area contributed by atoms with Crippen molar-refractivity contribution in [2.45, 2.75) is 5.03 Å². The largest absolute Gasteiger partial charge is 0.231 e. The monoisotopic (exact) mass is 360 g/mol. The molecule has 0 aliphatic heterocycles. The van der Waals surface area contributed by atoms with Crippen LogP contribution in [0.3, 0.4) is 0 Å². The van der Waals surface area contributed by atoms with Gasteiger partial charge in [-0.15, -0.1) is 11.8 Å². The van der Waals surface area contributed by atoms with Crippen LogP contribution in [0.1, 0.15) is 0 Å². The lowest BCUT2D eigenvalue weighted by molar-refractivity contribution is 0.627. The van der Waals surface area contributed by atoms with Crippen LogP contribution >= 0.6 is 11.8 Å². The van der Waals surface area contributed by atoms with Crippen molar-refractivity contribution in [2.75, 3.05) is 6.26 Å². The number of rotatable bonds is 4. The Kier molecular flexibility index (Phi) is 4.59. The van der Waals surface area contributed by atoms with E-state index in [1.165, 1.54) is 12.1 Å². The summed E-state index contributed by atoms with van der Waals surface area (Å²) in [5, 5.41) is 5.78. The van der Waals surface area contributed by atoms with Gasteiger partial charge in [-0.05, 0) is 36.1 Å². The normalized spacial score (nSPS) is 10.8. The Morgan fingerprint density at radius 2 is 1.35 bits per heavy atom. The Labute approximate surface area is 156 Å². The van der Waals surface area contributed by atoms with E-state index in [2.05, 4.69) is 24.3 Å². The molecule has 4 rings (SSSR count). The predicted octanol–water partition coefficient (Wildman–Crippen LogP) is 6.07. The lowest BCUT2D eigenvalue weighted by atomic mass is 10.0. The zero-order valence-electron chi connectivity index (χ0n) is 14.3. The fraction of sp³-hybridized carbons (Fsp3) is 0.0455. The molecule has 0 saturated carbocycles. The molecule has 4 aromatic rings. The summed E-state index contributed by atoms with van der Waals surface area (Å²) in [6.45, 7) is 0. The van der Waals surface area contributed by atoms with Crippen LogP contribution in [0.25, 0.3) is 28.1 Å². The van der Waals surface area contributed by atoms with Crippen molar-refractivity contribution in [1.29, 1.82) is 0 Å².